The number of thiophene rings is 1. The minimum Gasteiger partial charge on any atom is -0.325 e. The van der Waals surface area contributed by atoms with Gasteiger partial charge < -0.3 is 9.88 Å². The number of carbonyl (C=O) groups is 1. The summed E-state index contributed by atoms with van der Waals surface area (Å²) in [5.41, 5.74) is 1.83. The highest BCUT2D eigenvalue weighted by atomic mass is 35.5. The maximum atomic E-state index is 12.2. The van der Waals surface area contributed by atoms with Gasteiger partial charge in [0.25, 0.3) is 0 Å². The third-order valence-corrected chi connectivity index (χ3v) is 7.04. The Kier molecular flexibility index (Phi) is 6.34. The van der Waals surface area contributed by atoms with Crippen LogP contribution in [0.2, 0.25) is 4.34 Å². The Hall–Kier alpha value is -1.83. The summed E-state index contributed by atoms with van der Waals surface area (Å²) < 4.78 is 3.01. The molecule has 0 aliphatic carbocycles. The topological polar surface area (TPSA) is 59.8 Å². The summed E-state index contributed by atoms with van der Waals surface area (Å²) in [7, 11) is 0. The second-order valence-electron chi connectivity index (χ2n) is 6.73. The van der Waals surface area contributed by atoms with Crippen molar-refractivity contribution in [3.05, 3.63) is 51.4 Å². The molecule has 0 saturated carbocycles. The first-order valence-electron chi connectivity index (χ1n) is 9.33. The highest BCUT2D eigenvalue weighted by Gasteiger charge is 2.16. The molecule has 1 N–H and O–H groups in total. The smallest absolute Gasteiger partial charge is 0.234 e. The predicted octanol–water partition coefficient (Wildman–Crippen LogP) is 5.26. The maximum Gasteiger partial charge on any atom is 0.234 e. The van der Waals surface area contributed by atoms with E-state index in [4.69, 9.17) is 11.6 Å². The number of aryl methyl sites for hydroxylation is 1. The fourth-order valence-corrected chi connectivity index (χ4v) is 5.30. The highest BCUT2D eigenvalue weighted by molar-refractivity contribution is 7.99. The van der Waals surface area contributed by atoms with E-state index in [0.29, 0.717) is 5.75 Å². The largest absolute Gasteiger partial charge is 0.325 e. The molecular weight excluding hydrogens is 412 g/mol. The highest BCUT2D eigenvalue weighted by Crippen LogP contribution is 2.26. The molecule has 1 amide bonds. The summed E-state index contributed by atoms with van der Waals surface area (Å²) in [6, 6.07) is 11.7. The Balaban J connectivity index is 1.33. The van der Waals surface area contributed by atoms with Crippen LogP contribution in [-0.4, -0.2) is 26.4 Å². The lowest BCUT2D eigenvalue weighted by molar-refractivity contribution is -0.113. The summed E-state index contributed by atoms with van der Waals surface area (Å²) in [6.07, 6.45) is 4.59. The zero-order valence-electron chi connectivity index (χ0n) is 15.4. The van der Waals surface area contributed by atoms with Crippen LogP contribution in [0.3, 0.4) is 0 Å². The first-order chi connectivity index (χ1) is 13.7. The molecule has 0 bridgehead atoms. The number of fused-ring (bicyclic) bond motifs is 1. The average molecular weight is 433 g/mol. The van der Waals surface area contributed by atoms with Gasteiger partial charge in [0.15, 0.2) is 5.82 Å². The van der Waals surface area contributed by atoms with Crippen LogP contribution < -0.4 is 5.32 Å². The third kappa shape index (κ3) is 4.77. The molecule has 28 heavy (non-hydrogen) atoms. The number of thioether (sulfide) groups is 1. The molecule has 1 aliphatic heterocycles. The van der Waals surface area contributed by atoms with E-state index in [1.165, 1.54) is 24.1 Å². The van der Waals surface area contributed by atoms with Crippen molar-refractivity contribution in [2.45, 2.75) is 38.0 Å². The molecule has 3 aromatic rings. The van der Waals surface area contributed by atoms with Crippen LogP contribution in [0.4, 0.5) is 5.69 Å². The molecule has 3 heterocycles. The van der Waals surface area contributed by atoms with Crippen molar-refractivity contribution in [1.29, 1.82) is 0 Å². The van der Waals surface area contributed by atoms with Gasteiger partial charge in [0, 0.05) is 34.8 Å². The van der Waals surface area contributed by atoms with Gasteiger partial charge in [0.05, 0.1) is 10.1 Å². The Bertz CT molecular complexity index is 952. The molecule has 0 unspecified atom stereocenters. The van der Waals surface area contributed by atoms with Gasteiger partial charge >= 0.3 is 0 Å². The molecule has 1 aromatic carbocycles. The number of amides is 1. The number of nitrogens with zero attached hydrogens (tertiary/aromatic N) is 3. The molecule has 0 spiro atoms. The number of halogens is 1. The first kappa shape index (κ1) is 19.5. The summed E-state index contributed by atoms with van der Waals surface area (Å²) in [6.45, 7) is 0.975. The van der Waals surface area contributed by atoms with Crippen LogP contribution in [0.5, 0.6) is 0 Å². The van der Waals surface area contributed by atoms with E-state index in [2.05, 4.69) is 20.1 Å². The van der Waals surface area contributed by atoms with Gasteiger partial charge in [-0.05, 0) is 49.2 Å². The van der Waals surface area contributed by atoms with E-state index >= 15 is 0 Å². The van der Waals surface area contributed by atoms with Crippen LogP contribution in [0.25, 0.3) is 11.4 Å². The summed E-state index contributed by atoms with van der Waals surface area (Å²) in [5.74, 6) is 3.20. The second kappa shape index (κ2) is 9.11. The van der Waals surface area contributed by atoms with Crippen LogP contribution in [0.15, 0.2) is 36.4 Å². The molecule has 1 aliphatic rings. The van der Waals surface area contributed by atoms with E-state index in [9.17, 15) is 4.79 Å². The Morgan fingerprint density at radius 1 is 1.14 bits per heavy atom. The van der Waals surface area contributed by atoms with Crippen LogP contribution in [0.1, 0.15) is 30.0 Å². The van der Waals surface area contributed by atoms with Crippen molar-refractivity contribution < 1.29 is 4.79 Å². The molecule has 5 nitrogen and oxygen atoms in total. The fraction of sp³-hybridized carbons (Fsp3) is 0.350. The van der Waals surface area contributed by atoms with Crippen molar-refractivity contribution in [3.8, 4) is 11.4 Å². The Morgan fingerprint density at radius 3 is 2.79 bits per heavy atom. The Morgan fingerprint density at radius 2 is 2.00 bits per heavy atom. The van der Waals surface area contributed by atoms with Gasteiger partial charge in [-0.2, -0.15) is 0 Å². The molecule has 0 fully saturated rings. The molecule has 4 rings (SSSR count). The number of aromatic nitrogens is 3. The maximum absolute atomic E-state index is 12.2. The van der Waals surface area contributed by atoms with Crippen LogP contribution >= 0.6 is 34.7 Å². The fourth-order valence-electron chi connectivity index (χ4n) is 3.27. The van der Waals surface area contributed by atoms with Gasteiger partial charge in [-0.15, -0.1) is 33.3 Å². The molecule has 0 saturated heterocycles. The van der Waals surface area contributed by atoms with E-state index in [-0.39, 0.29) is 5.91 Å². The third-order valence-electron chi connectivity index (χ3n) is 4.64. The number of rotatable bonds is 6. The predicted molar refractivity (Wildman–Crippen MR) is 117 cm³/mol. The first-order valence-corrected chi connectivity index (χ1v) is 11.7. The average Bonchev–Trinajstić information content (AvgIpc) is 3.21. The van der Waals surface area contributed by atoms with Gasteiger partial charge in [-0.3, -0.25) is 4.79 Å². The minimum atomic E-state index is -0.00301. The van der Waals surface area contributed by atoms with Gasteiger partial charge in [-0.1, -0.05) is 18.0 Å². The zero-order chi connectivity index (χ0) is 19.3. The minimum absolute atomic E-state index is 0.00301. The second-order valence-corrected chi connectivity index (χ2v) is 9.51. The zero-order valence-corrected chi connectivity index (χ0v) is 17.7. The van der Waals surface area contributed by atoms with Gasteiger partial charge in [0.1, 0.15) is 5.82 Å². The standard InChI is InChI=1S/C20H21ClN4OS2/c21-17-10-9-16(28-17)12-27-13-19(26)22-15-7-5-14(6-8-15)20-24-23-18-4-2-1-3-11-25(18)20/h5-10H,1-4,11-13H2,(H,22,26). The lowest BCUT2D eigenvalue weighted by Gasteiger charge is -2.08. The number of nitrogens with one attached hydrogen (secondary N) is 1. The Labute approximate surface area is 177 Å². The monoisotopic (exact) mass is 432 g/mol. The normalized spacial score (nSPS) is 13.8. The van der Waals surface area contributed by atoms with Crippen molar-refractivity contribution in [1.82, 2.24) is 14.8 Å². The number of carbonyl (C=O) groups excluding carboxylic acids is 1. The van der Waals surface area contributed by atoms with Crippen LogP contribution in [-0.2, 0) is 23.5 Å². The number of anilines is 1. The number of benzene rings is 1. The lowest BCUT2D eigenvalue weighted by atomic mass is 10.2. The quantitative estimate of drug-likeness (QED) is 0.577. The summed E-state index contributed by atoms with van der Waals surface area (Å²) in [5, 5.41) is 11.7. The van der Waals surface area contributed by atoms with Crippen molar-refractivity contribution in [2.75, 3.05) is 11.1 Å². The van der Waals surface area contributed by atoms with E-state index in [0.717, 1.165) is 46.0 Å². The van der Waals surface area contributed by atoms with Gasteiger partial charge in [0.2, 0.25) is 5.91 Å². The number of hydrogen-bond donors (Lipinski definition) is 1. The van der Waals surface area contributed by atoms with Gasteiger partial charge in [-0.25, -0.2) is 0 Å². The summed E-state index contributed by atoms with van der Waals surface area (Å²) in [4.78, 5) is 13.4. The molecule has 146 valence electrons. The van der Waals surface area contributed by atoms with Crippen molar-refractivity contribution in [2.24, 2.45) is 0 Å². The van der Waals surface area contributed by atoms with E-state index in [1.54, 1.807) is 23.1 Å². The van der Waals surface area contributed by atoms with Crippen LogP contribution in [0, 0.1) is 0 Å². The molecule has 0 atom stereocenters. The SMILES string of the molecule is O=C(CSCc1ccc(Cl)s1)Nc1ccc(-c2nnc3n2CCCCC3)cc1. The number of hydrogen-bond acceptors (Lipinski definition) is 5. The lowest BCUT2D eigenvalue weighted by Crippen LogP contribution is -2.14. The molecule has 0 radical (unpaired) electrons. The molecule has 8 heteroatoms. The molecular formula is C20H21ClN4OS2. The van der Waals surface area contributed by atoms with E-state index in [1.807, 2.05) is 36.4 Å². The van der Waals surface area contributed by atoms with Crippen molar-refractivity contribution in [3.63, 3.8) is 0 Å². The van der Waals surface area contributed by atoms with Crippen molar-refractivity contribution >= 4 is 46.3 Å². The van der Waals surface area contributed by atoms with E-state index < -0.39 is 0 Å². The molecule has 2 aromatic heterocycles. The summed E-state index contributed by atoms with van der Waals surface area (Å²) >= 11 is 9.06.